The van der Waals surface area contributed by atoms with Gasteiger partial charge in [-0.3, -0.25) is 4.79 Å². The summed E-state index contributed by atoms with van der Waals surface area (Å²) >= 11 is 0. The Kier molecular flexibility index (Phi) is 7.47. The van der Waals surface area contributed by atoms with Crippen molar-refractivity contribution in [1.29, 1.82) is 0 Å². The highest BCUT2D eigenvalue weighted by molar-refractivity contribution is 5.98. The maximum absolute atomic E-state index is 11.6. The van der Waals surface area contributed by atoms with E-state index in [0.717, 1.165) is 43.1 Å². The van der Waals surface area contributed by atoms with E-state index >= 15 is 0 Å². The molecule has 1 saturated heterocycles. The number of aryl methyl sites for hydroxylation is 1. The highest BCUT2D eigenvalue weighted by atomic mass is 16.5. The number of likely N-dealkylation sites (N-methyl/N-ethyl adjacent to an activating group) is 1. The fraction of sp³-hybridized carbons (Fsp3) is 0.269. The molecule has 2 heterocycles. The van der Waals surface area contributed by atoms with Crippen molar-refractivity contribution in [2.75, 3.05) is 55.9 Å². The standard InChI is InChI=1S/C26H30N6O3/c1-5-24(33)28-19-7-6-8-21(15-19)35-25-18(2)17-27-26(30-25)29-22-10-9-20(16-23(22)34-4)32-13-11-31(3)12-14-32/h5-10,15-17H,1,11-14H2,2-4H3,(H,28,33)(H,27,29,30). The van der Waals surface area contributed by atoms with E-state index in [9.17, 15) is 4.79 Å². The third-order valence-corrected chi connectivity index (χ3v) is 5.73. The average Bonchev–Trinajstić information content (AvgIpc) is 2.87. The van der Waals surface area contributed by atoms with Crippen LogP contribution in [0.2, 0.25) is 0 Å². The molecule has 0 unspecified atom stereocenters. The van der Waals surface area contributed by atoms with Gasteiger partial charge in [-0.2, -0.15) is 4.98 Å². The molecule has 1 fully saturated rings. The van der Waals surface area contributed by atoms with Gasteiger partial charge in [0.2, 0.25) is 17.7 Å². The van der Waals surface area contributed by atoms with E-state index in [0.29, 0.717) is 29.0 Å². The van der Waals surface area contributed by atoms with E-state index in [4.69, 9.17) is 9.47 Å². The lowest BCUT2D eigenvalue weighted by atomic mass is 10.2. The number of amides is 1. The number of carbonyl (C=O) groups is 1. The molecule has 2 N–H and O–H groups in total. The van der Waals surface area contributed by atoms with E-state index in [2.05, 4.69) is 50.1 Å². The summed E-state index contributed by atoms with van der Waals surface area (Å²) in [6, 6.07) is 13.1. The van der Waals surface area contributed by atoms with E-state index in [1.165, 1.54) is 6.08 Å². The molecule has 1 aromatic heterocycles. The van der Waals surface area contributed by atoms with Gasteiger partial charge in [-0.05, 0) is 44.3 Å². The molecular weight excluding hydrogens is 444 g/mol. The second kappa shape index (κ2) is 10.9. The summed E-state index contributed by atoms with van der Waals surface area (Å²) in [4.78, 5) is 25.2. The van der Waals surface area contributed by atoms with Gasteiger partial charge < -0.3 is 29.9 Å². The first-order valence-electron chi connectivity index (χ1n) is 11.4. The third-order valence-electron chi connectivity index (χ3n) is 5.73. The van der Waals surface area contributed by atoms with Gasteiger partial charge in [0, 0.05) is 61.4 Å². The zero-order valence-electron chi connectivity index (χ0n) is 20.2. The quantitative estimate of drug-likeness (QED) is 0.469. The average molecular weight is 475 g/mol. The van der Waals surface area contributed by atoms with E-state index in [1.54, 1.807) is 37.6 Å². The number of hydrogen-bond donors (Lipinski definition) is 2. The molecule has 0 spiro atoms. The number of rotatable bonds is 8. The largest absolute Gasteiger partial charge is 0.494 e. The van der Waals surface area contributed by atoms with Crippen molar-refractivity contribution in [3.05, 3.63) is 66.9 Å². The summed E-state index contributed by atoms with van der Waals surface area (Å²) in [6.07, 6.45) is 2.91. The minimum Gasteiger partial charge on any atom is -0.494 e. The molecule has 1 aliphatic heterocycles. The Hall–Kier alpha value is -4.11. The number of methoxy groups -OCH3 is 1. The first kappa shape index (κ1) is 24.0. The molecule has 182 valence electrons. The van der Waals surface area contributed by atoms with Crippen LogP contribution in [0.5, 0.6) is 17.4 Å². The topological polar surface area (TPSA) is 91.8 Å². The van der Waals surface area contributed by atoms with Crippen LogP contribution < -0.4 is 25.0 Å². The fourth-order valence-electron chi connectivity index (χ4n) is 3.70. The van der Waals surface area contributed by atoms with Crippen LogP contribution in [0.3, 0.4) is 0 Å². The van der Waals surface area contributed by atoms with Gasteiger partial charge in [0.1, 0.15) is 11.5 Å². The molecule has 35 heavy (non-hydrogen) atoms. The van der Waals surface area contributed by atoms with Crippen LogP contribution in [-0.4, -0.2) is 61.1 Å². The number of ether oxygens (including phenoxy) is 2. The van der Waals surface area contributed by atoms with Crippen molar-refractivity contribution in [3.63, 3.8) is 0 Å². The van der Waals surface area contributed by atoms with Gasteiger partial charge in [-0.25, -0.2) is 4.98 Å². The van der Waals surface area contributed by atoms with E-state index in [-0.39, 0.29) is 5.91 Å². The summed E-state index contributed by atoms with van der Waals surface area (Å²) in [5, 5.41) is 5.95. The van der Waals surface area contributed by atoms with E-state index < -0.39 is 0 Å². The molecule has 0 saturated carbocycles. The van der Waals surface area contributed by atoms with Crippen molar-refractivity contribution in [2.24, 2.45) is 0 Å². The zero-order valence-corrected chi connectivity index (χ0v) is 20.2. The number of aromatic nitrogens is 2. The smallest absolute Gasteiger partial charge is 0.247 e. The lowest BCUT2D eigenvalue weighted by Crippen LogP contribution is -2.44. The minimum absolute atomic E-state index is 0.292. The first-order chi connectivity index (χ1) is 16.9. The predicted molar refractivity (Wildman–Crippen MR) is 138 cm³/mol. The van der Waals surface area contributed by atoms with Crippen molar-refractivity contribution in [1.82, 2.24) is 14.9 Å². The normalized spacial score (nSPS) is 13.7. The molecule has 1 amide bonds. The molecule has 4 rings (SSSR count). The monoisotopic (exact) mass is 474 g/mol. The number of nitrogens with zero attached hydrogens (tertiary/aromatic N) is 4. The van der Waals surface area contributed by atoms with Crippen molar-refractivity contribution in [3.8, 4) is 17.4 Å². The van der Waals surface area contributed by atoms with Crippen LogP contribution in [0.25, 0.3) is 0 Å². The predicted octanol–water partition coefficient (Wildman–Crippen LogP) is 4.21. The van der Waals surface area contributed by atoms with Gasteiger partial charge in [-0.1, -0.05) is 12.6 Å². The highest BCUT2D eigenvalue weighted by Crippen LogP contribution is 2.33. The molecule has 0 aliphatic carbocycles. The number of benzene rings is 2. The van der Waals surface area contributed by atoms with Gasteiger partial charge in [0.05, 0.1) is 12.8 Å². The Bertz CT molecular complexity index is 1210. The van der Waals surface area contributed by atoms with Crippen LogP contribution in [-0.2, 0) is 4.79 Å². The zero-order chi connectivity index (χ0) is 24.8. The Morgan fingerprint density at radius 1 is 1.14 bits per heavy atom. The van der Waals surface area contributed by atoms with Crippen LogP contribution >= 0.6 is 0 Å². The molecule has 0 atom stereocenters. The molecule has 0 radical (unpaired) electrons. The molecule has 0 bridgehead atoms. The van der Waals surface area contributed by atoms with Crippen LogP contribution in [0.4, 0.5) is 23.0 Å². The summed E-state index contributed by atoms with van der Waals surface area (Å²) in [5.74, 6) is 1.74. The Balaban J connectivity index is 1.50. The fourth-order valence-corrected chi connectivity index (χ4v) is 3.70. The Labute approximate surface area is 205 Å². The maximum atomic E-state index is 11.6. The lowest BCUT2D eigenvalue weighted by Gasteiger charge is -2.34. The number of piperazine rings is 1. The third kappa shape index (κ3) is 6.07. The summed E-state index contributed by atoms with van der Waals surface area (Å²) in [7, 11) is 3.79. The van der Waals surface area contributed by atoms with Crippen molar-refractivity contribution in [2.45, 2.75) is 6.92 Å². The molecule has 2 aromatic carbocycles. The van der Waals surface area contributed by atoms with Crippen LogP contribution in [0.15, 0.2) is 61.3 Å². The van der Waals surface area contributed by atoms with Crippen LogP contribution in [0, 0.1) is 6.92 Å². The summed E-state index contributed by atoms with van der Waals surface area (Å²) in [6.45, 7) is 9.36. The number of carbonyl (C=O) groups excluding carboxylic acids is 1. The van der Waals surface area contributed by atoms with Gasteiger partial charge in [0.15, 0.2) is 0 Å². The van der Waals surface area contributed by atoms with Gasteiger partial charge >= 0.3 is 0 Å². The van der Waals surface area contributed by atoms with Crippen molar-refractivity contribution >= 4 is 28.9 Å². The summed E-state index contributed by atoms with van der Waals surface area (Å²) in [5.41, 5.74) is 3.25. The number of hydrogen-bond acceptors (Lipinski definition) is 8. The van der Waals surface area contributed by atoms with Gasteiger partial charge in [0.25, 0.3) is 0 Å². The SMILES string of the molecule is C=CC(=O)Nc1cccc(Oc2nc(Nc3ccc(N4CCN(C)CC4)cc3OC)ncc2C)c1. The maximum Gasteiger partial charge on any atom is 0.247 e. The highest BCUT2D eigenvalue weighted by Gasteiger charge is 2.16. The number of anilines is 4. The molecule has 1 aliphatic rings. The molecule has 9 heteroatoms. The van der Waals surface area contributed by atoms with Crippen molar-refractivity contribution < 1.29 is 14.3 Å². The first-order valence-corrected chi connectivity index (χ1v) is 11.4. The Morgan fingerprint density at radius 3 is 2.69 bits per heavy atom. The Morgan fingerprint density at radius 2 is 1.94 bits per heavy atom. The van der Waals surface area contributed by atoms with E-state index in [1.807, 2.05) is 19.1 Å². The second-order valence-corrected chi connectivity index (χ2v) is 8.30. The lowest BCUT2D eigenvalue weighted by molar-refractivity contribution is -0.111. The van der Waals surface area contributed by atoms with Crippen LogP contribution in [0.1, 0.15) is 5.56 Å². The van der Waals surface area contributed by atoms with Gasteiger partial charge in [-0.15, -0.1) is 0 Å². The second-order valence-electron chi connectivity index (χ2n) is 8.30. The summed E-state index contributed by atoms with van der Waals surface area (Å²) < 4.78 is 11.6. The molecular formula is C26H30N6O3. The number of nitrogens with one attached hydrogen (secondary N) is 2. The molecule has 3 aromatic rings. The minimum atomic E-state index is -0.292. The molecule has 9 nitrogen and oxygen atoms in total.